The second kappa shape index (κ2) is 6.88. The Morgan fingerprint density at radius 1 is 1.12 bits per heavy atom. The molecule has 5 nitrogen and oxygen atoms in total. The van der Waals surface area contributed by atoms with E-state index in [9.17, 15) is 13.6 Å². The maximum atomic E-state index is 13.2. The van der Waals surface area contributed by atoms with Crippen molar-refractivity contribution in [2.24, 2.45) is 0 Å². The Bertz CT molecular complexity index is 881. The monoisotopic (exact) mass is 394 g/mol. The summed E-state index contributed by atoms with van der Waals surface area (Å²) in [6.07, 6.45) is 0. The molecule has 3 rings (SSSR count). The van der Waals surface area contributed by atoms with Crippen LogP contribution in [-0.4, -0.2) is 16.1 Å². The van der Waals surface area contributed by atoms with Crippen LogP contribution in [-0.2, 0) is 11.3 Å². The molecule has 2 aromatic carbocycles. The quantitative estimate of drug-likeness (QED) is 0.622. The molecule has 0 N–H and O–H groups in total. The predicted molar refractivity (Wildman–Crippen MR) is 82.9 cm³/mol. The molecule has 122 valence electrons. The van der Waals surface area contributed by atoms with Gasteiger partial charge in [0.25, 0.3) is 5.89 Å². The molecule has 24 heavy (non-hydrogen) atoms. The molecule has 0 aliphatic rings. The molecule has 0 atom stereocenters. The van der Waals surface area contributed by atoms with Gasteiger partial charge in [0.05, 0.1) is 5.56 Å². The Morgan fingerprint density at radius 3 is 2.58 bits per heavy atom. The number of benzene rings is 2. The van der Waals surface area contributed by atoms with Crippen molar-refractivity contribution in [3.05, 3.63) is 70.0 Å². The molecular formula is C16H9BrF2N2O3. The smallest absolute Gasteiger partial charge is 0.339 e. The molecule has 0 amide bonds. The molecule has 3 aromatic rings. The van der Waals surface area contributed by atoms with Crippen LogP contribution in [0.5, 0.6) is 0 Å². The number of esters is 1. The molecule has 1 heterocycles. The van der Waals surface area contributed by atoms with Crippen LogP contribution in [0.2, 0.25) is 0 Å². The number of aromatic nitrogens is 2. The molecule has 0 bridgehead atoms. The van der Waals surface area contributed by atoms with Gasteiger partial charge in [-0.15, -0.1) is 0 Å². The van der Waals surface area contributed by atoms with E-state index in [4.69, 9.17) is 9.26 Å². The van der Waals surface area contributed by atoms with Crippen LogP contribution in [0.4, 0.5) is 8.78 Å². The summed E-state index contributed by atoms with van der Waals surface area (Å²) in [7, 11) is 0. The van der Waals surface area contributed by atoms with Crippen LogP contribution in [0.3, 0.4) is 0 Å². The maximum Gasteiger partial charge on any atom is 0.339 e. The first kappa shape index (κ1) is 16.3. The molecule has 0 spiro atoms. The van der Waals surface area contributed by atoms with Crippen LogP contribution < -0.4 is 0 Å². The Balaban J connectivity index is 1.68. The van der Waals surface area contributed by atoms with Crippen molar-refractivity contribution in [2.45, 2.75) is 6.61 Å². The number of nitrogens with zero attached hydrogens (tertiary/aromatic N) is 2. The van der Waals surface area contributed by atoms with Crippen LogP contribution in [0, 0.1) is 11.6 Å². The SMILES string of the molecule is O=C(OCc1nc(-c2ccc(F)cc2)no1)c1cc(F)ccc1Br. The van der Waals surface area contributed by atoms with Crippen molar-refractivity contribution in [3.63, 3.8) is 0 Å². The third-order valence-electron chi connectivity index (χ3n) is 3.05. The number of halogens is 3. The molecule has 0 fully saturated rings. The van der Waals surface area contributed by atoms with Gasteiger partial charge >= 0.3 is 5.97 Å². The molecule has 1 aromatic heterocycles. The first-order valence-electron chi connectivity index (χ1n) is 6.73. The zero-order valence-corrected chi connectivity index (χ0v) is 13.6. The van der Waals surface area contributed by atoms with Crippen LogP contribution in [0.1, 0.15) is 16.2 Å². The number of ether oxygens (including phenoxy) is 1. The van der Waals surface area contributed by atoms with Gasteiger partial charge in [0.2, 0.25) is 5.82 Å². The minimum absolute atomic E-state index is 0.0493. The zero-order valence-electron chi connectivity index (χ0n) is 12.0. The fraction of sp³-hybridized carbons (Fsp3) is 0.0625. The first-order valence-corrected chi connectivity index (χ1v) is 7.53. The van der Waals surface area contributed by atoms with E-state index in [1.807, 2.05) is 0 Å². The average molecular weight is 395 g/mol. The highest BCUT2D eigenvalue weighted by Gasteiger charge is 2.15. The summed E-state index contributed by atoms with van der Waals surface area (Å²) in [4.78, 5) is 16.0. The molecule has 0 saturated heterocycles. The number of carbonyl (C=O) groups excluding carboxylic acids is 1. The fourth-order valence-electron chi connectivity index (χ4n) is 1.89. The molecule has 0 unspecified atom stereocenters. The summed E-state index contributed by atoms with van der Waals surface area (Å²) < 4.78 is 36.5. The third-order valence-corrected chi connectivity index (χ3v) is 3.74. The van der Waals surface area contributed by atoms with Crippen molar-refractivity contribution < 1.29 is 22.8 Å². The van der Waals surface area contributed by atoms with Crippen LogP contribution in [0.25, 0.3) is 11.4 Å². The van der Waals surface area contributed by atoms with Gasteiger partial charge in [0, 0.05) is 10.0 Å². The number of carbonyl (C=O) groups is 1. The molecule has 0 aliphatic heterocycles. The Kier molecular flexibility index (Phi) is 4.66. The van der Waals surface area contributed by atoms with E-state index in [0.717, 1.165) is 6.07 Å². The van der Waals surface area contributed by atoms with Gasteiger partial charge < -0.3 is 9.26 Å². The van der Waals surface area contributed by atoms with E-state index in [1.54, 1.807) is 0 Å². The highest BCUT2D eigenvalue weighted by Crippen LogP contribution is 2.20. The van der Waals surface area contributed by atoms with Gasteiger partial charge in [0.1, 0.15) is 11.6 Å². The van der Waals surface area contributed by atoms with E-state index in [0.29, 0.717) is 10.0 Å². The second-order valence-electron chi connectivity index (χ2n) is 4.72. The zero-order chi connectivity index (χ0) is 17.1. The van der Waals surface area contributed by atoms with Gasteiger partial charge in [-0.25, -0.2) is 13.6 Å². The van der Waals surface area contributed by atoms with E-state index in [2.05, 4.69) is 26.1 Å². The summed E-state index contributed by atoms with van der Waals surface area (Å²) in [6.45, 7) is -0.268. The van der Waals surface area contributed by atoms with Crippen LogP contribution in [0.15, 0.2) is 51.5 Å². The van der Waals surface area contributed by atoms with Gasteiger partial charge in [-0.05, 0) is 58.4 Å². The lowest BCUT2D eigenvalue weighted by atomic mass is 10.2. The van der Waals surface area contributed by atoms with Gasteiger partial charge in [0.15, 0.2) is 6.61 Å². The van der Waals surface area contributed by atoms with Crippen molar-refractivity contribution in [1.82, 2.24) is 10.1 Å². The topological polar surface area (TPSA) is 65.2 Å². The van der Waals surface area contributed by atoms with Crippen molar-refractivity contribution >= 4 is 21.9 Å². The van der Waals surface area contributed by atoms with Gasteiger partial charge in [-0.1, -0.05) is 5.16 Å². The van der Waals surface area contributed by atoms with Crippen molar-refractivity contribution in [3.8, 4) is 11.4 Å². The molecular weight excluding hydrogens is 386 g/mol. The lowest BCUT2D eigenvalue weighted by Crippen LogP contribution is -2.06. The number of rotatable bonds is 4. The summed E-state index contributed by atoms with van der Waals surface area (Å²) in [5.41, 5.74) is 0.610. The molecule has 8 heteroatoms. The summed E-state index contributed by atoms with van der Waals surface area (Å²) in [5, 5.41) is 3.73. The van der Waals surface area contributed by atoms with Gasteiger partial charge in [-0.3, -0.25) is 0 Å². The van der Waals surface area contributed by atoms with E-state index in [1.165, 1.54) is 36.4 Å². The third kappa shape index (κ3) is 3.65. The Hall–Kier alpha value is -2.61. The van der Waals surface area contributed by atoms with Gasteiger partial charge in [-0.2, -0.15) is 4.98 Å². The van der Waals surface area contributed by atoms with Crippen molar-refractivity contribution in [1.29, 1.82) is 0 Å². The highest BCUT2D eigenvalue weighted by atomic mass is 79.9. The molecule has 0 radical (unpaired) electrons. The minimum Gasteiger partial charge on any atom is -0.452 e. The summed E-state index contributed by atoms with van der Waals surface area (Å²) in [5.74, 6) is -1.36. The first-order chi connectivity index (χ1) is 11.5. The van der Waals surface area contributed by atoms with Crippen LogP contribution >= 0.6 is 15.9 Å². The lowest BCUT2D eigenvalue weighted by molar-refractivity contribution is 0.0428. The van der Waals surface area contributed by atoms with Crippen molar-refractivity contribution in [2.75, 3.05) is 0 Å². The molecule has 0 aliphatic carbocycles. The maximum absolute atomic E-state index is 13.2. The molecule has 0 saturated carbocycles. The normalized spacial score (nSPS) is 10.6. The van der Waals surface area contributed by atoms with E-state index in [-0.39, 0.29) is 29.7 Å². The average Bonchev–Trinajstić information content (AvgIpc) is 3.04. The predicted octanol–water partition coefficient (Wildman–Crippen LogP) is 4.13. The number of hydrogen-bond acceptors (Lipinski definition) is 5. The summed E-state index contributed by atoms with van der Waals surface area (Å²) >= 11 is 3.15. The van der Waals surface area contributed by atoms with E-state index < -0.39 is 11.8 Å². The number of hydrogen-bond donors (Lipinski definition) is 0. The highest BCUT2D eigenvalue weighted by molar-refractivity contribution is 9.10. The fourth-order valence-corrected chi connectivity index (χ4v) is 2.30. The summed E-state index contributed by atoms with van der Waals surface area (Å²) in [6, 6.07) is 9.22. The lowest BCUT2D eigenvalue weighted by Gasteiger charge is -2.04. The Labute approximate surface area is 143 Å². The van der Waals surface area contributed by atoms with E-state index >= 15 is 0 Å². The standard InChI is InChI=1S/C16H9BrF2N2O3/c17-13-6-5-11(19)7-12(13)16(22)23-8-14-20-15(21-24-14)9-1-3-10(18)4-2-9/h1-7H,8H2. The second-order valence-corrected chi connectivity index (χ2v) is 5.57. The minimum atomic E-state index is -0.733. The Morgan fingerprint density at radius 2 is 1.83 bits per heavy atom. The largest absolute Gasteiger partial charge is 0.452 e.